The molecule has 0 bridgehead atoms. The monoisotopic (exact) mass is 383 g/mol. The molecule has 1 heterocycles. The van der Waals surface area contributed by atoms with E-state index in [1.165, 1.54) is 12.1 Å². The lowest BCUT2D eigenvalue weighted by Gasteiger charge is -2.13. The number of aromatic nitrogens is 3. The summed E-state index contributed by atoms with van der Waals surface area (Å²) in [6.07, 6.45) is 0. The predicted octanol–water partition coefficient (Wildman–Crippen LogP) is 4.23. The summed E-state index contributed by atoms with van der Waals surface area (Å²) in [7, 11) is 4.02. The number of anilines is 1. The van der Waals surface area contributed by atoms with E-state index in [1.54, 1.807) is 23.9 Å². The Hall–Kier alpha value is -2.87. The molecule has 2 aromatic carbocycles. The average Bonchev–Trinajstić information content (AvgIpc) is 3.09. The molecule has 7 nitrogen and oxygen atoms in total. The maximum absolute atomic E-state index is 10.7. The molecule has 0 fully saturated rings. The van der Waals surface area contributed by atoms with Gasteiger partial charge < -0.3 is 9.47 Å². The van der Waals surface area contributed by atoms with E-state index in [9.17, 15) is 10.1 Å². The highest BCUT2D eigenvalue weighted by atomic mass is 32.2. The second-order valence-electron chi connectivity index (χ2n) is 6.20. The Morgan fingerprint density at radius 1 is 1.07 bits per heavy atom. The van der Waals surface area contributed by atoms with Crippen LogP contribution in [0.25, 0.3) is 11.4 Å². The van der Waals surface area contributed by atoms with Crippen molar-refractivity contribution >= 4 is 23.1 Å². The summed E-state index contributed by atoms with van der Waals surface area (Å²) in [6, 6.07) is 14.8. The first-order valence-corrected chi connectivity index (χ1v) is 9.55. The Morgan fingerprint density at radius 3 is 2.30 bits per heavy atom. The number of rotatable bonds is 7. The standard InChI is InChI=1S/C19H21N5O2S/c1-4-23-18(15-7-11-16(12-8-15)22(2)3)20-21-19(23)27-13-14-5-9-17(10-6-14)24(25)26/h5-12H,4,13H2,1-3H3. The summed E-state index contributed by atoms with van der Waals surface area (Å²) < 4.78 is 2.08. The van der Waals surface area contributed by atoms with Gasteiger partial charge in [0.2, 0.25) is 0 Å². The molecule has 0 radical (unpaired) electrons. The highest BCUT2D eigenvalue weighted by Crippen LogP contribution is 2.28. The Labute approximate surface area is 162 Å². The molecule has 0 amide bonds. The van der Waals surface area contributed by atoms with Crippen LogP contribution < -0.4 is 4.90 Å². The Bertz CT molecular complexity index is 920. The number of nitrogens with zero attached hydrogens (tertiary/aromatic N) is 5. The molecule has 0 aliphatic rings. The summed E-state index contributed by atoms with van der Waals surface area (Å²) in [5, 5.41) is 20.3. The molecule has 0 saturated carbocycles. The molecule has 0 atom stereocenters. The lowest BCUT2D eigenvalue weighted by Crippen LogP contribution is -2.08. The SMILES string of the molecule is CCn1c(SCc2ccc([N+](=O)[O-])cc2)nnc1-c1ccc(N(C)C)cc1. The number of hydrogen-bond acceptors (Lipinski definition) is 6. The number of thioether (sulfide) groups is 1. The third-order valence-corrected chi connectivity index (χ3v) is 5.23. The van der Waals surface area contributed by atoms with Crippen LogP contribution in [0.5, 0.6) is 0 Å². The van der Waals surface area contributed by atoms with Gasteiger partial charge in [0.1, 0.15) is 0 Å². The van der Waals surface area contributed by atoms with Crippen molar-refractivity contribution < 1.29 is 4.92 Å². The molecule has 0 aliphatic heterocycles. The molecule has 3 rings (SSSR count). The molecule has 0 N–H and O–H groups in total. The van der Waals surface area contributed by atoms with Crippen LogP contribution in [-0.2, 0) is 12.3 Å². The summed E-state index contributed by atoms with van der Waals surface area (Å²) >= 11 is 1.57. The van der Waals surface area contributed by atoms with E-state index in [1.807, 2.05) is 14.1 Å². The summed E-state index contributed by atoms with van der Waals surface area (Å²) in [4.78, 5) is 12.4. The molecule has 1 aromatic heterocycles. The van der Waals surface area contributed by atoms with Crippen LogP contribution in [0.3, 0.4) is 0 Å². The van der Waals surface area contributed by atoms with Gasteiger partial charge in [-0.25, -0.2) is 0 Å². The summed E-state index contributed by atoms with van der Waals surface area (Å²) in [5.41, 5.74) is 3.27. The van der Waals surface area contributed by atoms with Crippen molar-refractivity contribution in [2.24, 2.45) is 0 Å². The van der Waals surface area contributed by atoms with Gasteiger partial charge in [-0.05, 0) is 36.8 Å². The molecular formula is C19H21N5O2S. The van der Waals surface area contributed by atoms with Crippen molar-refractivity contribution in [1.82, 2.24) is 14.8 Å². The van der Waals surface area contributed by atoms with Crippen LogP contribution >= 0.6 is 11.8 Å². The van der Waals surface area contributed by atoms with Crippen molar-refractivity contribution in [3.8, 4) is 11.4 Å². The van der Waals surface area contributed by atoms with Gasteiger partial charge in [0.25, 0.3) is 5.69 Å². The van der Waals surface area contributed by atoms with Crippen LogP contribution in [-0.4, -0.2) is 33.8 Å². The number of nitro benzene ring substituents is 1. The number of non-ortho nitro benzene ring substituents is 1. The molecule has 0 unspecified atom stereocenters. The van der Waals surface area contributed by atoms with E-state index in [0.29, 0.717) is 5.75 Å². The van der Waals surface area contributed by atoms with Gasteiger partial charge in [0.15, 0.2) is 11.0 Å². The van der Waals surface area contributed by atoms with Crippen molar-refractivity contribution in [1.29, 1.82) is 0 Å². The molecule has 8 heteroatoms. The third-order valence-electron chi connectivity index (χ3n) is 4.19. The lowest BCUT2D eigenvalue weighted by atomic mass is 10.2. The minimum absolute atomic E-state index is 0.101. The van der Waals surface area contributed by atoms with E-state index >= 15 is 0 Å². The van der Waals surface area contributed by atoms with Crippen molar-refractivity contribution in [2.75, 3.05) is 19.0 Å². The zero-order valence-electron chi connectivity index (χ0n) is 15.5. The fourth-order valence-electron chi connectivity index (χ4n) is 2.66. The van der Waals surface area contributed by atoms with Gasteiger partial charge in [-0.2, -0.15) is 0 Å². The highest BCUT2D eigenvalue weighted by molar-refractivity contribution is 7.98. The molecule has 140 valence electrons. The molecular weight excluding hydrogens is 362 g/mol. The Kier molecular flexibility index (Phi) is 5.75. The van der Waals surface area contributed by atoms with E-state index < -0.39 is 4.92 Å². The topological polar surface area (TPSA) is 77.1 Å². The zero-order chi connectivity index (χ0) is 19.4. The van der Waals surface area contributed by atoms with Crippen LogP contribution in [0.4, 0.5) is 11.4 Å². The average molecular weight is 383 g/mol. The van der Waals surface area contributed by atoms with Crippen LogP contribution in [0.2, 0.25) is 0 Å². The first-order chi connectivity index (χ1) is 13.0. The minimum Gasteiger partial charge on any atom is -0.378 e. The number of hydrogen-bond donors (Lipinski definition) is 0. The summed E-state index contributed by atoms with van der Waals surface area (Å²) in [6.45, 7) is 2.83. The van der Waals surface area contributed by atoms with Crippen molar-refractivity contribution in [3.05, 3.63) is 64.2 Å². The first kappa shape index (κ1) is 18.9. The van der Waals surface area contributed by atoms with Gasteiger partial charge in [-0.1, -0.05) is 23.9 Å². The Balaban J connectivity index is 1.76. The highest BCUT2D eigenvalue weighted by Gasteiger charge is 2.14. The van der Waals surface area contributed by atoms with E-state index in [4.69, 9.17) is 0 Å². The molecule has 0 aliphatic carbocycles. The smallest absolute Gasteiger partial charge is 0.269 e. The number of nitro groups is 1. The largest absolute Gasteiger partial charge is 0.378 e. The van der Waals surface area contributed by atoms with Gasteiger partial charge >= 0.3 is 0 Å². The van der Waals surface area contributed by atoms with Gasteiger partial charge in [-0.3, -0.25) is 10.1 Å². The second kappa shape index (κ2) is 8.22. The lowest BCUT2D eigenvalue weighted by molar-refractivity contribution is -0.384. The minimum atomic E-state index is -0.390. The van der Waals surface area contributed by atoms with E-state index in [0.717, 1.165) is 34.3 Å². The first-order valence-electron chi connectivity index (χ1n) is 8.56. The molecule has 0 spiro atoms. The normalized spacial score (nSPS) is 10.8. The summed E-state index contributed by atoms with van der Waals surface area (Å²) in [5.74, 6) is 1.52. The van der Waals surface area contributed by atoms with Crippen molar-refractivity contribution in [3.63, 3.8) is 0 Å². The predicted molar refractivity (Wildman–Crippen MR) is 108 cm³/mol. The molecule has 27 heavy (non-hydrogen) atoms. The maximum Gasteiger partial charge on any atom is 0.269 e. The number of benzene rings is 2. The molecule has 3 aromatic rings. The fourth-order valence-corrected chi connectivity index (χ4v) is 3.62. The maximum atomic E-state index is 10.7. The van der Waals surface area contributed by atoms with Gasteiger partial charge in [0.05, 0.1) is 4.92 Å². The van der Waals surface area contributed by atoms with Crippen LogP contribution in [0.1, 0.15) is 12.5 Å². The van der Waals surface area contributed by atoms with Crippen LogP contribution in [0.15, 0.2) is 53.7 Å². The van der Waals surface area contributed by atoms with Crippen molar-refractivity contribution in [2.45, 2.75) is 24.4 Å². The zero-order valence-corrected chi connectivity index (χ0v) is 16.3. The van der Waals surface area contributed by atoms with Crippen LogP contribution in [0, 0.1) is 10.1 Å². The van der Waals surface area contributed by atoms with E-state index in [-0.39, 0.29) is 5.69 Å². The van der Waals surface area contributed by atoms with Gasteiger partial charge in [-0.15, -0.1) is 10.2 Å². The van der Waals surface area contributed by atoms with Gasteiger partial charge in [0, 0.05) is 49.8 Å². The fraction of sp³-hybridized carbons (Fsp3) is 0.263. The Morgan fingerprint density at radius 2 is 1.74 bits per heavy atom. The van der Waals surface area contributed by atoms with E-state index in [2.05, 4.69) is 50.9 Å². The third kappa shape index (κ3) is 4.28. The quantitative estimate of drug-likeness (QED) is 0.345. The molecule has 0 saturated heterocycles. The second-order valence-corrected chi connectivity index (χ2v) is 7.15.